The van der Waals surface area contributed by atoms with Crippen LogP contribution in [0.2, 0.25) is 5.02 Å². The maximum absolute atomic E-state index is 12.5. The highest BCUT2D eigenvalue weighted by Gasteiger charge is 2.12. The number of rotatable bonds is 3. The summed E-state index contributed by atoms with van der Waals surface area (Å²) in [7, 11) is 0. The molecule has 128 valence electrons. The van der Waals surface area contributed by atoms with Gasteiger partial charge in [0, 0.05) is 22.7 Å². The maximum atomic E-state index is 12.5. The molecule has 0 aliphatic carbocycles. The number of thiazole rings is 1. The molecule has 0 aliphatic heterocycles. The lowest BCUT2D eigenvalue weighted by atomic mass is 10.2. The Bertz CT molecular complexity index is 1230. The van der Waals surface area contributed by atoms with E-state index in [-0.39, 0.29) is 11.2 Å². The lowest BCUT2D eigenvalue weighted by molar-refractivity contribution is -0.384. The SMILES string of the molecule is O=c1/c(=C\c2ccc([N+](=O)[O-])cc2)sc2nc(-c3ccc(Cl)cc3)nn12. The zero-order chi connectivity index (χ0) is 18.3. The van der Waals surface area contributed by atoms with Gasteiger partial charge in [0.05, 0.1) is 9.46 Å². The van der Waals surface area contributed by atoms with Crippen molar-refractivity contribution in [3.05, 3.63) is 84.1 Å². The third-order valence-electron chi connectivity index (χ3n) is 3.69. The van der Waals surface area contributed by atoms with Gasteiger partial charge in [0.15, 0.2) is 5.82 Å². The van der Waals surface area contributed by atoms with E-state index in [0.29, 0.717) is 25.9 Å². The second-order valence-electron chi connectivity index (χ2n) is 5.40. The van der Waals surface area contributed by atoms with Crippen LogP contribution in [-0.2, 0) is 0 Å². The average molecular weight is 385 g/mol. The van der Waals surface area contributed by atoms with Crippen molar-refractivity contribution < 1.29 is 4.92 Å². The van der Waals surface area contributed by atoms with Crippen molar-refractivity contribution in [1.82, 2.24) is 14.6 Å². The quantitative estimate of drug-likeness (QED) is 0.400. The number of fused-ring (bicyclic) bond motifs is 1. The van der Waals surface area contributed by atoms with Gasteiger partial charge in [-0.3, -0.25) is 14.9 Å². The van der Waals surface area contributed by atoms with Crippen molar-refractivity contribution in [2.75, 3.05) is 0 Å². The molecule has 9 heteroatoms. The summed E-state index contributed by atoms with van der Waals surface area (Å²) < 4.78 is 1.71. The summed E-state index contributed by atoms with van der Waals surface area (Å²) in [5.41, 5.74) is 1.18. The third kappa shape index (κ3) is 2.96. The van der Waals surface area contributed by atoms with Crippen molar-refractivity contribution in [3.8, 4) is 11.4 Å². The van der Waals surface area contributed by atoms with Gasteiger partial charge in [-0.05, 0) is 48.0 Å². The minimum absolute atomic E-state index is 0.000229. The molecule has 0 saturated heterocycles. The van der Waals surface area contributed by atoms with Gasteiger partial charge in [0.1, 0.15) is 0 Å². The zero-order valence-electron chi connectivity index (χ0n) is 13.0. The molecular formula is C17H9ClN4O3S. The lowest BCUT2D eigenvalue weighted by Crippen LogP contribution is -2.23. The number of nitrogens with zero attached hydrogens (tertiary/aromatic N) is 4. The van der Waals surface area contributed by atoms with E-state index in [2.05, 4.69) is 10.1 Å². The Morgan fingerprint density at radius 3 is 2.42 bits per heavy atom. The molecule has 2 aromatic carbocycles. The number of non-ortho nitro benzene ring substituents is 1. The van der Waals surface area contributed by atoms with Crippen LogP contribution in [0.5, 0.6) is 0 Å². The molecule has 0 bridgehead atoms. The van der Waals surface area contributed by atoms with Crippen molar-refractivity contribution >= 4 is 39.7 Å². The Morgan fingerprint density at radius 1 is 1.12 bits per heavy atom. The first-order chi connectivity index (χ1) is 12.5. The molecule has 2 aromatic heterocycles. The molecule has 26 heavy (non-hydrogen) atoms. The molecule has 0 aliphatic rings. The fourth-order valence-corrected chi connectivity index (χ4v) is 3.43. The predicted octanol–water partition coefficient (Wildman–Crippen LogP) is 2.93. The molecule has 0 saturated carbocycles. The molecule has 0 fully saturated rings. The van der Waals surface area contributed by atoms with Gasteiger partial charge in [0.25, 0.3) is 11.2 Å². The maximum Gasteiger partial charge on any atom is 0.291 e. The second-order valence-corrected chi connectivity index (χ2v) is 6.85. The van der Waals surface area contributed by atoms with E-state index in [1.807, 2.05) is 0 Å². The van der Waals surface area contributed by atoms with Crippen LogP contribution in [0.15, 0.2) is 53.3 Å². The van der Waals surface area contributed by atoms with Crippen molar-refractivity contribution in [1.29, 1.82) is 0 Å². The van der Waals surface area contributed by atoms with Gasteiger partial charge in [-0.2, -0.15) is 9.50 Å². The molecular weight excluding hydrogens is 376 g/mol. The van der Waals surface area contributed by atoms with E-state index in [1.165, 1.54) is 28.0 Å². The van der Waals surface area contributed by atoms with Gasteiger partial charge in [0.2, 0.25) is 4.96 Å². The topological polar surface area (TPSA) is 90.4 Å². The summed E-state index contributed by atoms with van der Waals surface area (Å²) in [5.74, 6) is 0.451. The van der Waals surface area contributed by atoms with Crippen LogP contribution in [0.1, 0.15) is 5.56 Å². The number of benzene rings is 2. The Kier molecular flexibility index (Phi) is 3.98. The van der Waals surface area contributed by atoms with Gasteiger partial charge in [-0.15, -0.1) is 5.10 Å². The second kappa shape index (κ2) is 6.32. The van der Waals surface area contributed by atoms with Crippen molar-refractivity contribution in [2.24, 2.45) is 0 Å². The zero-order valence-corrected chi connectivity index (χ0v) is 14.6. The Balaban J connectivity index is 1.74. The molecule has 0 atom stereocenters. The van der Waals surface area contributed by atoms with Crippen LogP contribution in [0.25, 0.3) is 22.4 Å². The predicted molar refractivity (Wildman–Crippen MR) is 99.5 cm³/mol. The first kappa shape index (κ1) is 16.4. The van der Waals surface area contributed by atoms with Gasteiger partial charge in [-0.1, -0.05) is 22.9 Å². The normalized spacial score (nSPS) is 12.0. The first-order valence-corrected chi connectivity index (χ1v) is 8.62. The Morgan fingerprint density at radius 2 is 1.81 bits per heavy atom. The summed E-state index contributed by atoms with van der Waals surface area (Å²) in [6.07, 6.45) is 1.66. The minimum Gasteiger partial charge on any atom is -0.266 e. The van der Waals surface area contributed by atoms with Crippen LogP contribution in [0, 0.1) is 10.1 Å². The number of nitro benzene ring substituents is 1. The van der Waals surface area contributed by atoms with Crippen LogP contribution in [0.4, 0.5) is 5.69 Å². The summed E-state index contributed by atoms with van der Waals surface area (Å²) >= 11 is 7.08. The number of nitro groups is 1. The largest absolute Gasteiger partial charge is 0.291 e. The molecule has 0 unspecified atom stereocenters. The summed E-state index contributed by atoms with van der Waals surface area (Å²) in [6.45, 7) is 0. The molecule has 7 nitrogen and oxygen atoms in total. The van der Waals surface area contributed by atoms with Crippen LogP contribution in [0.3, 0.4) is 0 Å². The van der Waals surface area contributed by atoms with E-state index in [1.54, 1.807) is 42.5 Å². The van der Waals surface area contributed by atoms with Crippen LogP contribution >= 0.6 is 22.9 Å². The Labute approximate surface area is 155 Å². The summed E-state index contributed by atoms with van der Waals surface area (Å²) in [6, 6.07) is 13.0. The first-order valence-electron chi connectivity index (χ1n) is 7.43. The molecule has 4 rings (SSSR count). The highest BCUT2D eigenvalue weighted by atomic mass is 35.5. The standard InChI is InChI=1S/C17H9ClN4O3S/c18-12-5-3-11(4-6-12)15-19-17-21(20-15)16(23)14(26-17)9-10-1-7-13(8-2-10)22(24)25/h1-9H/b14-9+. The van der Waals surface area contributed by atoms with Gasteiger partial charge in [-0.25, -0.2) is 0 Å². The fourth-order valence-electron chi connectivity index (χ4n) is 2.40. The van der Waals surface area contributed by atoms with Crippen LogP contribution in [-0.4, -0.2) is 19.5 Å². The molecule has 4 aromatic rings. The van der Waals surface area contributed by atoms with Crippen molar-refractivity contribution in [2.45, 2.75) is 0 Å². The number of hydrogen-bond donors (Lipinski definition) is 0. The smallest absolute Gasteiger partial charge is 0.266 e. The van der Waals surface area contributed by atoms with Gasteiger partial charge >= 0.3 is 0 Å². The third-order valence-corrected chi connectivity index (χ3v) is 4.90. The monoisotopic (exact) mass is 384 g/mol. The van der Waals surface area contributed by atoms with E-state index in [9.17, 15) is 14.9 Å². The number of halogens is 1. The Hall–Kier alpha value is -3.10. The number of aromatic nitrogens is 3. The summed E-state index contributed by atoms with van der Waals surface area (Å²) in [5, 5.41) is 15.6. The molecule has 0 spiro atoms. The van der Waals surface area contributed by atoms with E-state index >= 15 is 0 Å². The average Bonchev–Trinajstić information content (AvgIpc) is 3.16. The van der Waals surface area contributed by atoms with E-state index in [0.717, 1.165) is 5.56 Å². The highest BCUT2D eigenvalue weighted by molar-refractivity contribution is 7.15. The molecule has 0 amide bonds. The van der Waals surface area contributed by atoms with E-state index < -0.39 is 4.92 Å². The highest BCUT2D eigenvalue weighted by Crippen LogP contribution is 2.19. The van der Waals surface area contributed by atoms with Gasteiger partial charge < -0.3 is 0 Å². The lowest BCUT2D eigenvalue weighted by Gasteiger charge is -1.94. The minimum atomic E-state index is -0.468. The summed E-state index contributed by atoms with van der Waals surface area (Å²) in [4.78, 5) is 27.6. The molecule has 0 radical (unpaired) electrons. The van der Waals surface area contributed by atoms with E-state index in [4.69, 9.17) is 11.6 Å². The van der Waals surface area contributed by atoms with Crippen LogP contribution < -0.4 is 10.1 Å². The number of hydrogen-bond acceptors (Lipinski definition) is 6. The molecule has 0 N–H and O–H groups in total. The fraction of sp³-hybridized carbons (Fsp3) is 0. The van der Waals surface area contributed by atoms with Crippen molar-refractivity contribution in [3.63, 3.8) is 0 Å². The molecule has 2 heterocycles.